The SMILES string of the molecule is CC(C)(C#N)OC=O. The highest BCUT2D eigenvalue weighted by Gasteiger charge is 2.15. The van der Waals surface area contributed by atoms with Crippen molar-refractivity contribution >= 4 is 6.47 Å². The number of carbonyl (C=O) groups excluding carboxylic acids is 1. The molecule has 0 bridgehead atoms. The molecule has 0 saturated carbocycles. The highest BCUT2D eigenvalue weighted by atomic mass is 16.5. The smallest absolute Gasteiger partial charge is 0.294 e. The molecule has 8 heavy (non-hydrogen) atoms. The summed E-state index contributed by atoms with van der Waals surface area (Å²) in [4.78, 5) is 9.61. The first-order valence-electron chi connectivity index (χ1n) is 2.15. The normalized spacial score (nSPS) is 9.62. The quantitative estimate of drug-likeness (QED) is 0.489. The number of rotatable bonds is 2. The molecule has 0 atom stereocenters. The Bertz CT molecular complexity index is 123. The fourth-order valence-electron chi connectivity index (χ4n) is 0.147. The average molecular weight is 113 g/mol. The van der Waals surface area contributed by atoms with Crippen LogP contribution in [0.2, 0.25) is 0 Å². The molecule has 3 nitrogen and oxygen atoms in total. The van der Waals surface area contributed by atoms with E-state index < -0.39 is 5.60 Å². The van der Waals surface area contributed by atoms with E-state index in [-0.39, 0.29) is 6.47 Å². The molecule has 0 aromatic rings. The van der Waals surface area contributed by atoms with Crippen LogP contribution in [-0.4, -0.2) is 12.1 Å². The number of carbonyl (C=O) groups is 1. The summed E-state index contributed by atoms with van der Waals surface area (Å²) in [6.45, 7) is 3.30. The first-order chi connectivity index (χ1) is 3.62. The molecule has 44 valence electrons. The van der Waals surface area contributed by atoms with E-state index in [4.69, 9.17) is 5.26 Å². The third-order valence-corrected chi connectivity index (χ3v) is 0.612. The van der Waals surface area contributed by atoms with Gasteiger partial charge in [-0.1, -0.05) is 0 Å². The van der Waals surface area contributed by atoms with Gasteiger partial charge in [0.25, 0.3) is 6.47 Å². The van der Waals surface area contributed by atoms with Gasteiger partial charge in [0.2, 0.25) is 0 Å². The van der Waals surface area contributed by atoms with E-state index in [9.17, 15) is 4.79 Å². The van der Waals surface area contributed by atoms with Crippen LogP contribution in [-0.2, 0) is 9.53 Å². The van der Waals surface area contributed by atoms with E-state index in [1.807, 2.05) is 0 Å². The van der Waals surface area contributed by atoms with Crippen molar-refractivity contribution in [2.75, 3.05) is 0 Å². The number of nitrogens with zero attached hydrogens (tertiary/aromatic N) is 1. The molecule has 0 aromatic carbocycles. The van der Waals surface area contributed by atoms with Crippen molar-refractivity contribution in [2.24, 2.45) is 0 Å². The molecule has 0 spiro atoms. The number of nitriles is 1. The highest BCUT2D eigenvalue weighted by molar-refractivity contribution is 5.39. The van der Waals surface area contributed by atoms with Gasteiger partial charge in [0.05, 0.1) is 0 Å². The van der Waals surface area contributed by atoms with Crippen LogP contribution in [0.15, 0.2) is 0 Å². The van der Waals surface area contributed by atoms with Crippen molar-refractivity contribution in [1.29, 1.82) is 5.26 Å². The molecule has 0 aliphatic heterocycles. The molecule has 0 aliphatic carbocycles. The average Bonchev–Trinajstić information content (AvgIpc) is 1.67. The maximum absolute atomic E-state index is 9.61. The van der Waals surface area contributed by atoms with Crippen LogP contribution < -0.4 is 0 Å². The zero-order chi connectivity index (χ0) is 6.62. The Hall–Kier alpha value is -1.04. The number of hydrogen-bond donors (Lipinski definition) is 0. The fraction of sp³-hybridized carbons (Fsp3) is 0.600. The maximum atomic E-state index is 9.61. The Kier molecular flexibility index (Phi) is 2.01. The molecule has 3 heteroatoms. The van der Waals surface area contributed by atoms with Crippen LogP contribution in [0.1, 0.15) is 13.8 Å². The second-order valence-corrected chi connectivity index (χ2v) is 1.84. The van der Waals surface area contributed by atoms with Crippen molar-refractivity contribution in [3.63, 3.8) is 0 Å². The molecule has 0 fully saturated rings. The minimum absolute atomic E-state index is 0.267. The molecule has 0 heterocycles. The largest absolute Gasteiger partial charge is 0.446 e. The van der Waals surface area contributed by atoms with E-state index >= 15 is 0 Å². The van der Waals surface area contributed by atoms with Gasteiger partial charge in [-0.05, 0) is 13.8 Å². The predicted molar refractivity (Wildman–Crippen MR) is 26.8 cm³/mol. The van der Waals surface area contributed by atoms with E-state index in [0.717, 1.165) is 0 Å². The van der Waals surface area contributed by atoms with Crippen LogP contribution in [0.5, 0.6) is 0 Å². The molecule has 0 radical (unpaired) electrons. The van der Waals surface area contributed by atoms with Crippen molar-refractivity contribution in [2.45, 2.75) is 19.4 Å². The summed E-state index contributed by atoms with van der Waals surface area (Å²) >= 11 is 0. The number of ether oxygens (including phenoxy) is 1. The second kappa shape index (κ2) is 2.31. The first kappa shape index (κ1) is 6.96. The summed E-state index contributed by atoms with van der Waals surface area (Å²) in [5, 5.41) is 8.19. The first-order valence-corrected chi connectivity index (χ1v) is 2.15. The van der Waals surface area contributed by atoms with E-state index in [1.54, 1.807) is 6.07 Å². The van der Waals surface area contributed by atoms with E-state index in [1.165, 1.54) is 13.8 Å². The lowest BCUT2D eigenvalue weighted by molar-refractivity contribution is -0.136. The minimum atomic E-state index is -0.970. The highest BCUT2D eigenvalue weighted by Crippen LogP contribution is 2.02. The van der Waals surface area contributed by atoms with Crippen molar-refractivity contribution in [1.82, 2.24) is 0 Å². The fourth-order valence-corrected chi connectivity index (χ4v) is 0.147. The van der Waals surface area contributed by atoms with Gasteiger partial charge in [-0.3, -0.25) is 4.79 Å². The third-order valence-electron chi connectivity index (χ3n) is 0.612. The summed E-state index contributed by atoms with van der Waals surface area (Å²) in [5.41, 5.74) is -0.970. The topological polar surface area (TPSA) is 50.1 Å². The Balaban J connectivity index is 3.76. The molecule has 0 rings (SSSR count). The van der Waals surface area contributed by atoms with E-state index in [2.05, 4.69) is 4.74 Å². The van der Waals surface area contributed by atoms with Crippen molar-refractivity contribution in [3.8, 4) is 6.07 Å². The van der Waals surface area contributed by atoms with Crippen LogP contribution in [0.25, 0.3) is 0 Å². The third kappa shape index (κ3) is 2.19. The van der Waals surface area contributed by atoms with Gasteiger partial charge in [0.1, 0.15) is 6.07 Å². The lowest BCUT2D eigenvalue weighted by Gasteiger charge is -2.10. The molecular formula is C5H7NO2. The Labute approximate surface area is 47.9 Å². The molecule has 0 aromatic heterocycles. The predicted octanol–water partition coefficient (Wildman–Crippen LogP) is 0.462. The number of hydrogen-bond acceptors (Lipinski definition) is 3. The van der Waals surface area contributed by atoms with Crippen molar-refractivity contribution in [3.05, 3.63) is 0 Å². The molecule has 0 aliphatic rings. The van der Waals surface area contributed by atoms with Gasteiger partial charge in [0.15, 0.2) is 5.60 Å². The van der Waals surface area contributed by atoms with Gasteiger partial charge in [-0.25, -0.2) is 0 Å². The molecule has 0 saturated heterocycles. The maximum Gasteiger partial charge on any atom is 0.294 e. The zero-order valence-electron chi connectivity index (χ0n) is 4.84. The summed E-state index contributed by atoms with van der Waals surface area (Å²) in [7, 11) is 0. The molecule has 0 amide bonds. The molecule has 0 N–H and O–H groups in total. The summed E-state index contributed by atoms with van der Waals surface area (Å²) in [6.07, 6.45) is 0. The molecular weight excluding hydrogens is 106 g/mol. The van der Waals surface area contributed by atoms with Gasteiger partial charge >= 0.3 is 0 Å². The second-order valence-electron chi connectivity index (χ2n) is 1.84. The summed E-state index contributed by atoms with van der Waals surface area (Å²) in [5.74, 6) is 0. The Morgan fingerprint density at radius 2 is 2.25 bits per heavy atom. The zero-order valence-corrected chi connectivity index (χ0v) is 4.84. The lowest BCUT2D eigenvalue weighted by atomic mass is 10.2. The van der Waals surface area contributed by atoms with E-state index in [0.29, 0.717) is 0 Å². The molecule has 0 unspecified atom stereocenters. The minimum Gasteiger partial charge on any atom is -0.446 e. The monoisotopic (exact) mass is 113 g/mol. The summed E-state index contributed by atoms with van der Waals surface area (Å²) < 4.78 is 4.34. The van der Waals surface area contributed by atoms with Gasteiger partial charge < -0.3 is 4.74 Å². The van der Waals surface area contributed by atoms with Gasteiger partial charge in [-0.2, -0.15) is 5.26 Å². The van der Waals surface area contributed by atoms with Crippen molar-refractivity contribution < 1.29 is 9.53 Å². The standard InChI is InChI=1S/C5H7NO2/c1-5(2,3-6)8-4-7/h4H,1-2H3. The van der Waals surface area contributed by atoms with Crippen LogP contribution in [0, 0.1) is 11.3 Å². The van der Waals surface area contributed by atoms with Crippen LogP contribution in [0.3, 0.4) is 0 Å². The van der Waals surface area contributed by atoms with Gasteiger partial charge in [0, 0.05) is 0 Å². The van der Waals surface area contributed by atoms with Gasteiger partial charge in [-0.15, -0.1) is 0 Å². The van der Waals surface area contributed by atoms with Crippen LogP contribution >= 0.6 is 0 Å². The van der Waals surface area contributed by atoms with Crippen LogP contribution in [0.4, 0.5) is 0 Å². The Morgan fingerprint density at radius 3 is 2.38 bits per heavy atom. The summed E-state index contributed by atoms with van der Waals surface area (Å²) in [6, 6.07) is 1.79. The Morgan fingerprint density at radius 1 is 1.75 bits per heavy atom. The lowest BCUT2D eigenvalue weighted by Crippen LogP contribution is -2.20.